The summed E-state index contributed by atoms with van der Waals surface area (Å²) in [5.74, 6) is 8.81. The van der Waals surface area contributed by atoms with Crippen LogP contribution in [0.2, 0.25) is 0 Å². The summed E-state index contributed by atoms with van der Waals surface area (Å²) in [4.78, 5) is 89.6. The number of nitrogens with one attached hydrogen (secondary N) is 5. The third-order valence-corrected chi connectivity index (χ3v) is 20.6. The molecule has 23 heteroatoms. The fourth-order valence-electron chi connectivity index (χ4n) is 14.8. The zero-order valence-electron chi connectivity index (χ0n) is 88.3. The molecule has 0 saturated heterocycles. The van der Waals surface area contributed by atoms with Crippen LogP contribution in [-0.4, -0.2) is 227 Å². The lowest BCUT2D eigenvalue weighted by Gasteiger charge is -2.38. The van der Waals surface area contributed by atoms with Crippen molar-refractivity contribution in [2.24, 2.45) is 112 Å². The third kappa shape index (κ3) is 65.8. The van der Waals surface area contributed by atoms with E-state index in [4.69, 9.17) is 20.9 Å². The maximum atomic E-state index is 13.7. The molecular weight excluding hydrogens is 1650 g/mol. The number of phenols is 2. The number of nitrogens with zero attached hydrogens (tertiary/aromatic N) is 6. The van der Waals surface area contributed by atoms with Gasteiger partial charge in [-0.1, -0.05) is 292 Å². The highest BCUT2D eigenvalue weighted by Gasteiger charge is 2.40. The summed E-state index contributed by atoms with van der Waals surface area (Å²) in [6, 6.07) is 9.11. The third-order valence-electron chi connectivity index (χ3n) is 20.6. The summed E-state index contributed by atoms with van der Waals surface area (Å²) in [5.41, 5.74) is 14.8. The summed E-state index contributed by atoms with van der Waals surface area (Å²) in [7, 11) is 0. The summed E-state index contributed by atoms with van der Waals surface area (Å²) < 4.78 is 10.9. The number of carbonyl (C=O) groups excluding carboxylic acids is 6. The van der Waals surface area contributed by atoms with Gasteiger partial charge in [0.25, 0.3) is 0 Å². The summed E-state index contributed by atoms with van der Waals surface area (Å²) in [6.45, 7) is 99.6. The maximum absolute atomic E-state index is 13.7. The van der Waals surface area contributed by atoms with E-state index in [2.05, 4.69) is 249 Å². The van der Waals surface area contributed by atoms with E-state index in [0.717, 1.165) is 118 Å². The summed E-state index contributed by atoms with van der Waals surface area (Å²) in [5, 5.41) is 35.6. The first-order valence-corrected chi connectivity index (χ1v) is 48.8. The van der Waals surface area contributed by atoms with Gasteiger partial charge in [-0.25, -0.2) is 9.59 Å². The number of rotatable bonds is 42. The average Bonchev–Trinajstić information content (AvgIpc) is 0.785. The van der Waals surface area contributed by atoms with Gasteiger partial charge in [-0.15, -0.1) is 0 Å². The minimum Gasteiger partial charge on any atom is -0.508 e. The Morgan fingerprint density at radius 2 is 0.727 bits per heavy atom. The van der Waals surface area contributed by atoms with Crippen molar-refractivity contribution in [3.05, 3.63) is 58.7 Å². The molecule has 784 valence electrons. The van der Waals surface area contributed by atoms with Gasteiger partial charge in [-0.2, -0.15) is 0 Å². The molecule has 0 spiro atoms. The molecule has 7 atom stereocenters. The van der Waals surface area contributed by atoms with Crippen LogP contribution >= 0.6 is 0 Å². The topological polar surface area (TPSA) is 293 Å². The number of aromatic hydroxyl groups is 2. The predicted molar refractivity (Wildman–Crippen MR) is 571 cm³/mol. The van der Waals surface area contributed by atoms with E-state index < -0.39 is 35.5 Å². The van der Waals surface area contributed by atoms with Crippen molar-refractivity contribution in [1.82, 2.24) is 56.0 Å². The van der Waals surface area contributed by atoms with Crippen LogP contribution in [0, 0.1) is 101 Å². The molecule has 0 radical (unpaired) electrons. The van der Waals surface area contributed by atoms with Crippen molar-refractivity contribution in [2.45, 2.75) is 401 Å². The Hall–Kier alpha value is -5.82. The smallest absolute Gasteiger partial charge is 0.411 e. The number of hydrogen-bond donors (Lipinski definition) is 9. The van der Waals surface area contributed by atoms with Gasteiger partial charge in [0.15, 0.2) is 0 Å². The highest BCUT2D eigenvalue weighted by atomic mass is 16.6. The van der Waals surface area contributed by atoms with E-state index in [1.54, 1.807) is 24.3 Å². The van der Waals surface area contributed by atoms with Crippen LogP contribution in [0.15, 0.2) is 36.4 Å². The number of amides is 6. The van der Waals surface area contributed by atoms with Crippen molar-refractivity contribution in [2.75, 3.05) is 98.2 Å². The van der Waals surface area contributed by atoms with E-state index in [0.29, 0.717) is 97.7 Å². The molecule has 0 saturated carbocycles. The molecule has 132 heavy (non-hydrogen) atoms. The Morgan fingerprint density at radius 1 is 0.394 bits per heavy atom. The Morgan fingerprint density at radius 3 is 1.05 bits per heavy atom. The molecule has 2 aliphatic heterocycles. The molecule has 0 fully saturated rings. The van der Waals surface area contributed by atoms with Gasteiger partial charge in [0.2, 0.25) is 23.6 Å². The predicted octanol–water partition coefficient (Wildman–Crippen LogP) is 22.0. The first-order valence-electron chi connectivity index (χ1n) is 48.8. The normalized spacial score (nSPS) is 14.8. The number of carbonyl (C=O) groups is 6. The van der Waals surface area contributed by atoms with Crippen molar-refractivity contribution in [3.8, 4) is 11.5 Å². The first kappa shape index (κ1) is 142. The summed E-state index contributed by atoms with van der Waals surface area (Å²) in [6.07, 6.45) is -0.0196. The van der Waals surface area contributed by atoms with E-state index >= 15 is 0 Å². The maximum Gasteiger partial charge on any atom is 0.411 e. The number of hydrogen-bond acceptors (Lipinski definition) is 17. The minimum atomic E-state index is -0.675. The SMILES string of the molecule is C.C.C.C.C.C.CC(C)CN(CC(C)C)C(=O)[C@@H](N)C(C)C.CC(C)CN(CC(C)C)C(=O)[C@@H](NC(=O)OC(C)(C)C)C(C)C.CC(C)CN(CC(C)C)C[C@@H](N)C(C)C.CC(C)CN(CC(C)C)C[C@@H](NC(=O)[C@H]1Cc2ccc(O)cc2CN1)C(C)C.CC(C)CN(CC(C)C)C[C@@H](NC(=O)[C@H]1Cc2ccc(O)cc2CN1C(=O)OC(C)(C)C)C(C)C.CC(C)CNCC(C)C. The van der Waals surface area contributed by atoms with Gasteiger partial charge < -0.3 is 82.2 Å². The van der Waals surface area contributed by atoms with E-state index in [9.17, 15) is 39.0 Å². The lowest BCUT2D eigenvalue weighted by molar-refractivity contribution is -0.136. The standard InChI is InChI=1S/C28H47N3O4.C23H39N3O2.C18H36N2O3.C13H28N2O.C13H30N2.C8H19N.6CH4/c1-18(2)14-30(15-19(3)4)17-24(20(5)6)29-26(33)25-13-21-10-11-23(32)12-22(21)16-31(25)27(34)35-28(7,8)9;1-15(2)12-26(13-16(3)4)14-22(17(5)6)25-23(28)21-10-18-7-8-20(27)9-19(18)11-24-21;1-12(2)10-20(11-13(3)4)16(21)15(14(5)6)19-17(22)23-18(7,8)9;1-9(2)7-15(8-10(3)4)13(16)12(14)11(5)6;1-10(2)7-15(8-11(3)4)9-13(14)12(5)6;1-7(2)5-9-6-8(3)4;;;;;;/h10-12,18-20,24-25,32H,13-17H2,1-9H3,(H,29,33);7-9,15-17,21-22,24,27H,10-14H2,1-6H3,(H,25,28);12-15H,10-11H2,1-9H3,(H,19,22);9-12H,7-8,14H2,1-6H3;10-13H,7-9,14H2,1-6H3;7-9H,5-6H2,1-4H3;6*1H4/t24-,25-;21-,22-;15-;12-;13-;;;;;;;/m11001......./s1. The van der Waals surface area contributed by atoms with Crippen molar-refractivity contribution < 1.29 is 48.5 Å². The van der Waals surface area contributed by atoms with Gasteiger partial charge >= 0.3 is 12.2 Å². The second kappa shape index (κ2) is 71.6. The molecule has 23 nitrogen and oxygen atoms in total. The lowest BCUT2D eigenvalue weighted by atomic mass is 9.92. The zero-order valence-corrected chi connectivity index (χ0v) is 88.3. The van der Waals surface area contributed by atoms with Gasteiger partial charge in [-0.3, -0.25) is 24.1 Å². The van der Waals surface area contributed by atoms with Gasteiger partial charge in [-0.05, 0) is 208 Å². The Labute approximate surface area is 817 Å². The molecule has 0 aliphatic carbocycles. The van der Waals surface area contributed by atoms with Gasteiger partial charge in [0, 0.05) is 116 Å². The number of fused-ring (bicyclic) bond motifs is 2. The zero-order chi connectivity index (χ0) is 97.9. The Bertz CT molecular complexity index is 3240. The van der Waals surface area contributed by atoms with Gasteiger partial charge in [0.05, 0.1) is 18.6 Å². The van der Waals surface area contributed by atoms with Crippen LogP contribution in [-0.2, 0) is 54.6 Å². The molecule has 6 amide bonds. The van der Waals surface area contributed by atoms with Crippen LogP contribution in [0.3, 0.4) is 0 Å². The van der Waals surface area contributed by atoms with Crippen LogP contribution in [0.5, 0.6) is 11.5 Å². The number of benzene rings is 2. The van der Waals surface area contributed by atoms with Crippen LogP contribution < -0.4 is 38.1 Å². The molecule has 0 unspecified atom stereocenters. The second-order valence-electron chi connectivity index (χ2n) is 45.2. The van der Waals surface area contributed by atoms with Crippen molar-refractivity contribution >= 4 is 35.8 Å². The fourth-order valence-corrected chi connectivity index (χ4v) is 14.8. The molecule has 4 rings (SSSR count). The largest absolute Gasteiger partial charge is 0.508 e. The van der Waals surface area contributed by atoms with Crippen molar-refractivity contribution in [3.63, 3.8) is 0 Å². The second-order valence-corrected chi connectivity index (χ2v) is 45.2. The molecular formula is C109H223N13O10. The molecule has 11 N–H and O–H groups in total. The highest BCUT2D eigenvalue weighted by molar-refractivity contribution is 5.88. The van der Waals surface area contributed by atoms with E-state index in [1.807, 2.05) is 91.2 Å². The van der Waals surface area contributed by atoms with E-state index in [1.165, 1.54) is 18.0 Å². The molecule has 0 bridgehead atoms. The molecule has 2 aromatic rings. The quantitative estimate of drug-likeness (QED) is 0.0298. The number of phenolic OH excluding ortho intramolecular Hbond substituents is 2. The number of ether oxygens (including phenoxy) is 2. The highest BCUT2D eigenvalue weighted by Crippen LogP contribution is 2.30. The average molecular weight is 1880 g/mol. The number of nitrogens with two attached hydrogens (primary N) is 2. The summed E-state index contributed by atoms with van der Waals surface area (Å²) >= 11 is 0. The molecule has 2 heterocycles. The molecule has 2 aliphatic rings. The molecule has 2 aromatic carbocycles. The lowest BCUT2D eigenvalue weighted by Crippen LogP contribution is -2.57. The van der Waals surface area contributed by atoms with Crippen LogP contribution in [0.4, 0.5) is 9.59 Å². The van der Waals surface area contributed by atoms with Crippen molar-refractivity contribution in [1.29, 1.82) is 0 Å². The van der Waals surface area contributed by atoms with Crippen LogP contribution in [0.1, 0.15) is 344 Å². The van der Waals surface area contributed by atoms with Gasteiger partial charge in [0.1, 0.15) is 34.8 Å². The number of alkyl carbamates (subject to hydrolysis) is 1. The Kier molecular flexibility index (Phi) is 76.8. The fraction of sp³-hybridized carbons (Fsp3) is 0.835. The first-order chi connectivity index (χ1) is 57.8. The molecule has 0 aromatic heterocycles. The van der Waals surface area contributed by atoms with Crippen LogP contribution in [0.25, 0.3) is 0 Å². The van der Waals surface area contributed by atoms with E-state index in [-0.39, 0.29) is 128 Å². The minimum absolute atomic E-state index is 0. The Balaban J connectivity index is -0.000000241. The monoisotopic (exact) mass is 1870 g/mol.